The molecule has 0 atom stereocenters. The van der Waals surface area contributed by atoms with Crippen LogP contribution in [-0.4, -0.2) is 28.8 Å². The normalized spacial score (nSPS) is 10.7. The molecule has 2 aromatic carbocycles. The summed E-state index contributed by atoms with van der Waals surface area (Å²) in [6.45, 7) is 5.53. The Morgan fingerprint density at radius 2 is 1.96 bits per heavy atom. The molecule has 0 aliphatic heterocycles. The number of amides is 1. The van der Waals surface area contributed by atoms with Crippen LogP contribution in [0.15, 0.2) is 35.4 Å². The zero-order valence-electron chi connectivity index (χ0n) is 14.6. The Labute approximate surface area is 150 Å². The van der Waals surface area contributed by atoms with E-state index < -0.39 is 22.3 Å². The fourth-order valence-corrected chi connectivity index (χ4v) is 2.29. The SMILES string of the molecule is Cc1ccc(C)c(OCC(=O)N/N=C\c2cccc([N+](=O)[O-])c2O)c1C. The molecule has 0 spiro atoms. The third kappa shape index (κ3) is 4.35. The number of carbonyl (C=O) groups is 1. The molecule has 2 rings (SSSR count). The van der Waals surface area contributed by atoms with Crippen molar-refractivity contribution in [3.8, 4) is 11.5 Å². The number of nitrogens with one attached hydrogen (secondary N) is 1. The van der Waals surface area contributed by atoms with Crippen molar-refractivity contribution in [2.45, 2.75) is 20.8 Å². The van der Waals surface area contributed by atoms with Crippen LogP contribution >= 0.6 is 0 Å². The van der Waals surface area contributed by atoms with Crippen LogP contribution in [0.25, 0.3) is 0 Å². The summed E-state index contributed by atoms with van der Waals surface area (Å²) in [5, 5.41) is 24.3. The van der Waals surface area contributed by atoms with Gasteiger partial charge in [-0.3, -0.25) is 14.9 Å². The zero-order chi connectivity index (χ0) is 19.3. The van der Waals surface area contributed by atoms with Gasteiger partial charge in [0.25, 0.3) is 5.91 Å². The van der Waals surface area contributed by atoms with Crippen molar-refractivity contribution in [3.63, 3.8) is 0 Å². The van der Waals surface area contributed by atoms with E-state index in [0.29, 0.717) is 5.75 Å². The number of rotatable bonds is 6. The van der Waals surface area contributed by atoms with Crippen molar-refractivity contribution >= 4 is 17.8 Å². The summed E-state index contributed by atoms with van der Waals surface area (Å²) < 4.78 is 5.56. The number of nitro groups is 1. The number of nitro benzene ring substituents is 1. The number of phenolic OH excluding ortho intramolecular Hbond substituents is 1. The molecular weight excluding hydrogens is 338 g/mol. The van der Waals surface area contributed by atoms with Gasteiger partial charge in [-0.15, -0.1) is 0 Å². The number of ether oxygens (including phenoxy) is 1. The van der Waals surface area contributed by atoms with E-state index in [1.807, 2.05) is 32.9 Å². The van der Waals surface area contributed by atoms with Crippen molar-refractivity contribution < 1.29 is 19.6 Å². The van der Waals surface area contributed by atoms with Crippen LogP contribution in [0.3, 0.4) is 0 Å². The Balaban J connectivity index is 1.98. The van der Waals surface area contributed by atoms with E-state index >= 15 is 0 Å². The summed E-state index contributed by atoms with van der Waals surface area (Å²) in [7, 11) is 0. The lowest BCUT2D eigenvalue weighted by molar-refractivity contribution is -0.385. The molecule has 0 heterocycles. The first-order valence-corrected chi connectivity index (χ1v) is 7.79. The molecule has 1 amide bonds. The molecule has 26 heavy (non-hydrogen) atoms. The Hall–Kier alpha value is -3.42. The molecule has 0 fully saturated rings. The Morgan fingerprint density at radius 1 is 1.27 bits per heavy atom. The number of phenols is 1. The van der Waals surface area contributed by atoms with Crippen LogP contribution < -0.4 is 10.2 Å². The highest BCUT2D eigenvalue weighted by Crippen LogP contribution is 2.28. The number of benzene rings is 2. The number of para-hydroxylation sites is 1. The average Bonchev–Trinajstić information content (AvgIpc) is 2.59. The van der Waals surface area contributed by atoms with Crippen LogP contribution in [0, 0.1) is 30.9 Å². The van der Waals surface area contributed by atoms with Crippen molar-refractivity contribution in [2.75, 3.05) is 6.61 Å². The molecule has 8 nitrogen and oxygen atoms in total. The standard InChI is InChI=1S/C18H19N3O5/c1-11-7-8-12(2)18(13(11)3)26-10-16(22)20-19-9-14-5-4-6-15(17(14)23)21(24)25/h4-9,23H,10H2,1-3H3,(H,20,22)/b19-9-. The number of hydrogen-bond donors (Lipinski definition) is 2. The molecule has 0 bridgehead atoms. The van der Waals surface area contributed by atoms with Gasteiger partial charge in [-0.2, -0.15) is 5.10 Å². The molecule has 0 saturated heterocycles. The molecule has 136 valence electrons. The number of hydrogen-bond acceptors (Lipinski definition) is 6. The quantitative estimate of drug-likeness (QED) is 0.469. The largest absolute Gasteiger partial charge is 0.502 e. The average molecular weight is 357 g/mol. The van der Waals surface area contributed by atoms with Crippen LogP contribution in [0.2, 0.25) is 0 Å². The number of aryl methyl sites for hydroxylation is 2. The van der Waals surface area contributed by atoms with Gasteiger partial charge in [0, 0.05) is 11.6 Å². The van der Waals surface area contributed by atoms with Crippen LogP contribution in [0.1, 0.15) is 22.3 Å². The fraction of sp³-hybridized carbons (Fsp3) is 0.222. The summed E-state index contributed by atoms with van der Waals surface area (Å²) >= 11 is 0. The highest BCUT2D eigenvalue weighted by Gasteiger charge is 2.15. The summed E-state index contributed by atoms with van der Waals surface area (Å²) in [5.41, 5.74) is 4.88. The number of carbonyl (C=O) groups excluding carboxylic acids is 1. The van der Waals surface area contributed by atoms with Crippen LogP contribution in [-0.2, 0) is 4.79 Å². The number of aromatic hydroxyl groups is 1. The number of nitrogens with zero attached hydrogens (tertiary/aromatic N) is 2. The predicted octanol–water partition coefficient (Wildman–Crippen LogP) is 2.75. The van der Waals surface area contributed by atoms with Gasteiger partial charge in [-0.1, -0.05) is 18.2 Å². The Kier molecular flexibility index (Phi) is 5.90. The van der Waals surface area contributed by atoms with Gasteiger partial charge in [0.05, 0.1) is 11.1 Å². The molecule has 8 heteroatoms. The zero-order valence-corrected chi connectivity index (χ0v) is 14.6. The second kappa shape index (κ2) is 8.11. The van der Waals surface area contributed by atoms with E-state index in [1.54, 1.807) is 0 Å². The van der Waals surface area contributed by atoms with Crippen LogP contribution in [0.4, 0.5) is 5.69 Å². The van der Waals surface area contributed by atoms with E-state index in [0.717, 1.165) is 22.9 Å². The number of hydrazone groups is 1. The second-order valence-corrected chi connectivity index (χ2v) is 5.71. The molecule has 2 N–H and O–H groups in total. The van der Waals surface area contributed by atoms with Crippen LogP contribution in [0.5, 0.6) is 11.5 Å². The summed E-state index contributed by atoms with van der Waals surface area (Å²) in [6, 6.07) is 7.92. The van der Waals surface area contributed by atoms with Gasteiger partial charge in [0.2, 0.25) is 5.75 Å². The van der Waals surface area contributed by atoms with Gasteiger partial charge < -0.3 is 9.84 Å². The summed E-state index contributed by atoms with van der Waals surface area (Å²) in [5.74, 6) is -0.357. The minimum Gasteiger partial charge on any atom is -0.502 e. The van der Waals surface area contributed by atoms with E-state index in [-0.39, 0.29) is 12.2 Å². The van der Waals surface area contributed by atoms with Gasteiger partial charge in [-0.05, 0) is 43.5 Å². The minimum atomic E-state index is -0.703. The highest BCUT2D eigenvalue weighted by atomic mass is 16.6. The monoisotopic (exact) mass is 357 g/mol. The van der Waals surface area contributed by atoms with Crippen molar-refractivity contribution in [1.29, 1.82) is 0 Å². The maximum absolute atomic E-state index is 11.9. The first kappa shape index (κ1) is 18.9. The maximum atomic E-state index is 11.9. The first-order valence-electron chi connectivity index (χ1n) is 7.79. The van der Waals surface area contributed by atoms with Gasteiger partial charge in [0.1, 0.15) is 5.75 Å². The van der Waals surface area contributed by atoms with Crippen molar-refractivity contribution in [1.82, 2.24) is 5.43 Å². The lowest BCUT2D eigenvalue weighted by Gasteiger charge is -2.13. The van der Waals surface area contributed by atoms with Gasteiger partial charge in [0.15, 0.2) is 6.61 Å². The van der Waals surface area contributed by atoms with E-state index in [4.69, 9.17) is 4.74 Å². The smallest absolute Gasteiger partial charge is 0.311 e. The Bertz CT molecular complexity index is 877. The molecule has 0 aliphatic carbocycles. The molecule has 0 aliphatic rings. The van der Waals surface area contributed by atoms with Gasteiger partial charge in [-0.25, -0.2) is 5.43 Å². The maximum Gasteiger partial charge on any atom is 0.311 e. The molecule has 0 saturated carbocycles. The topological polar surface area (TPSA) is 114 Å². The van der Waals surface area contributed by atoms with E-state index in [1.165, 1.54) is 18.2 Å². The summed E-state index contributed by atoms with van der Waals surface area (Å²) in [6.07, 6.45) is 1.13. The Morgan fingerprint density at radius 3 is 2.65 bits per heavy atom. The molecule has 0 unspecified atom stereocenters. The van der Waals surface area contributed by atoms with Crippen molar-refractivity contribution in [2.24, 2.45) is 5.10 Å². The molecule has 0 aromatic heterocycles. The van der Waals surface area contributed by atoms with E-state index in [9.17, 15) is 20.0 Å². The van der Waals surface area contributed by atoms with E-state index in [2.05, 4.69) is 10.5 Å². The molecular formula is C18H19N3O5. The van der Waals surface area contributed by atoms with Crippen molar-refractivity contribution in [3.05, 3.63) is 62.7 Å². The molecule has 2 aromatic rings. The predicted molar refractivity (Wildman–Crippen MR) is 96.6 cm³/mol. The molecule has 0 radical (unpaired) electrons. The third-order valence-electron chi connectivity index (χ3n) is 3.86. The first-order chi connectivity index (χ1) is 12.3. The summed E-state index contributed by atoms with van der Waals surface area (Å²) in [4.78, 5) is 21.9. The highest BCUT2D eigenvalue weighted by molar-refractivity contribution is 5.87. The third-order valence-corrected chi connectivity index (χ3v) is 3.86. The minimum absolute atomic E-state index is 0.116. The lowest BCUT2D eigenvalue weighted by atomic mass is 10.1. The van der Waals surface area contributed by atoms with Gasteiger partial charge >= 0.3 is 5.69 Å². The fourth-order valence-electron chi connectivity index (χ4n) is 2.29. The second-order valence-electron chi connectivity index (χ2n) is 5.71. The lowest BCUT2D eigenvalue weighted by Crippen LogP contribution is -2.25.